The Morgan fingerprint density at radius 3 is 1.91 bits per heavy atom. The normalized spacial score (nSPS) is 18.0. The molecule has 0 aliphatic rings. The number of aliphatic hydroxyl groups is 1. The van der Waals surface area contributed by atoms with Crippen molar-refractivity contribution >= 4 is 22.6 Å². The van der Waals surface area contributed by atoms with Crippen molar-refractivity contribution in [2.75, 3.05) is 0 Å². The SMILES string of the molecule is CC[C@@](C)(O)CCC(C)(C)I. The van der Waals surface area contributed by atoms with Gasteiger partial charge in [0.05, 0.1) is 5.60 Å². The molecule has 11 heavy (non-hydrogen) atoms. The highest BCUT2D eigenvalue weighted by atomic mass is 127. The summed E-state index contributed by atoms with van der Waals surface area (Å²) in [4.78, 5) is 0. The topological polar surface area (TPSA) is 20.2 Å². The Kier molecular flexibility index (Phi) is 4.33. The number of hydrogen-bond donors (Lipinski definition) is 1. The zero-order valence-electron chi connectivity index (χ0n) is 7.95. The molecule has 0 amide bonds. The predicted molar refractivity (Wildman–Crippen MR) is 58.2 cm³/mol. The van der Waals surface area contributed by atoms with E-state index in [-0.39, 0.29) is 0 Å². The smallest absolute Gasteiger partial charge is 0.0617 e. The predicted octanol–water partition coefficient (Wildman–Crippen LogP) is 3.14. The number of rotatable bonds is 4. The van der Waals surface area contributed by atoms with Crippen molar-refractivity contribution in [2.24, 2.45) is 0 Å². The standard InChI is InChI=1S/C9H19IO/c1-5-9(4,11)7-6-8(2,3)10/h11H,5-7H2,1-4H3/t9-/m1/s1. The summed E-state index contributed by atoms with van der Waals surface area (Å²) in [6.45, 7) is 8.33. The summed E-state index contributed by atoms with van der Waals surface area (Å²) in [5.41, 5.74) is -0.456. The molecule has 0 aliphatic carbocycles. The van der Waals surface area contributed by atoms with E-state index in [1.807, 2.05) is 13.8 Å². The maximum absolute atomic E-state index is 9.68. The second kappa shape index (κ2) is 4.08. The van der Waals surface area contributed by atoms with E-state index in [9.17, 15) is 5.11 Å². The number of halogens is 1. The van der Waals surface area contributed by atoms with E-state index in [0.29, 0.717) is 3.42 Å². The first-order valence-corrected chi connectivity index (χ1v) is 5.26. The van der Waals surface area contributed by atoms with E-state index in [2.05, 4.69) is 36.4 Å². The van der Waals surface area contributed by atoms with Crippen LogP contribution in [0.5, 0.6) is 0 Å². The first kappa shape index (κ1) is 11.7. The van der Waals surface area contributed by atoms with Crippen LogP contribution in [0.3, 0.4) is 0 Å². The van der Waals surface area contributed by atoms with Gasteiger partial charge in [0.1, 0.15) is 0 Å². The van der Waals surface area contributed by atoms with Gasteiger partial charge < -0.3 is 5.11 Å². The molecule has 68 valence electrons. The Balaban J connectivity index is 3.70. The number of hydrogen-bond acceptors (Lipinski definition) is 1. The maximum Gasteiger partial charge on any atom is 0.0617 e. The van der Waals surface area contributed by atoms with Crippen LogP contribution >= 0.6 is 22.6 Å². The minimum atomic E-state index is -0.456. The van der Waals surface area contributed by atoms with E-state index >= 15 is 0 Å². The first-order chi connectivity index (χ1) is 4.77. The molecule has 0 fully saturated rings. The minimum Gasteiger partial charge on any atom is -0.390 e. The molecule has 0 saturated heterocycles. The third kappa shape index (κ3) is 7.06. The average Bonchev–Trinajstić information content (AvgIpc) is 1.83. The lowest BCUT2D eigenvalue weighted by Gasteiger charge is -2.25. The summed E-state index contributed by atoms with van der Waals surface area (Å²) in [6.07, 6.45) is 2.83. The fraction of sp³-hybridized carbons (Fsp3) is 1.00. The summed E-state index contributed by atoms with van der Waals surface area (Å²) in [7, 11) is 0. The molecule has 1 N–H and O–H groups in total. The Hall–Kier alpha value is 0.690. The van der Waals surface area contributed by atoms with Crippen molar-refractivity contribution in [3.05, 3.63) is 0 Å². The van der Waals surface area contributed by atoms with Crippen LogP contribution in [0.1, 0.15) is 47.0 Å². The molecular weight excluding hydrogens is 251 g/mol. The van der Waals surface area contributed by atoms with Gasteiger partial charge in [0.15, 0.2) is 0 Å². The lowest BCUT2D eigenvalue weighted by atomic mass is 9.93. The van der Waals surface area contributed by atoms with Crippen LogP contribution < -0.4 is 0 Å². The molecule has 1 nitrogen and oxygen atoms in total. The summed E-state index contributed by atoms with van der Waals surface area (Å²) in [5.74, 6) is 0. The van der Waals surface area contributed by atoms with Crippen molar-refractivity contribution in [3.63, 3.8) is 0 Å². The minimum absolute atomic E-state index is 0.316. The maximum atomic E-state index is 9.68. The fourth-order valence-corrected chi connectivity index (χ4v) is 1.01. The quantitative estimate of drug-likeness (QED) is 0.614. The van der Waals surface area contributed by atoms with Gasteiger partial charge in [-0.05, 0) is 26.2 Å². The van der Waals surface area contributed by atoms with Gasteiger partial charge in [0.2, 0.25) is 0 Å². The highest BCUT2D eigenvalue weighted by Crippen LogP contribution is 2.27. The summed E-state index contributed by atoms with van der Waals surface area (Å²) >= 11 is 2.42. The number of alkyl halides is 1. The van der Waals surface area contributed by atoms with Gasteiger partial charge in [0.25, 0.3) is 0 Å². The Labute approximate surface area is 83.7 Å². The van der Waals surface area contributed by atoms with Gasteiger partial charge >= 0.3 is 0 Å². The molecule has 0 aromatic heterocycles. The zero-order chi connectivity index (χ0) is 9.12. The molecular formula is C9H19IO. The van der Waals surface area contributed by atoms with Crippen molar-refractivity contribution in [1.82, 2.24) is 0 Å². The lowest BCUT2D eigenvalue weighted by Crippen LogP contribution is -2.25. The summed E-state index contributed by atoms with van der Waals surface area (Å²) in [5, 5.41) is 9.68. The third-order valence-electron chi connectivity index (χ3n) is 2.02. The van der Waals surface area contributed by atoms with Gasteiger partial charge in [-0.3, -0.25) is 0 Å². The van der Waals surface area contributed by atoms with E-state index in [4.69, 9.17) is 0 Å². The lowest BCUT2D eigenvalue weighted by molar-refractivity contribution is 0.0433. The molecule has 0 unspecified atom stereocenters. The van der Waals surface area contributed by atoms with Crippen LogP contribution in [0, 0.1) is 0 Å². The zero-order valence-corrected chi connectivity index (χ0v) is 10.1. The summed E-state index contributed by atoms with van der Waals surface area (Å²) < 4.78 is 0.316. The van der Waals surface area contributed by atoms with E-state index in [1.54, 1.807) is 0 Å². The van der Waals surface area contributed by atoms with Gasteiger partial charge in [-0.25, -0.2) is 0 Å². The Bertz CT molecular complexity index is 113. The Morgan fingerprint density at radius 1 is 1.18 bits per heavy atom. The molecule has 0 aromatic rings. The third-order valence-corrected chi connectivity index (χ3v) is 2.56. The van der Waals surface area contributed by atoms with Crippen LogP contribution in [-0.4, -0.2) is 14.1 Å². The van der Waals surface area contributed by atoms with E-state index < -0.39 is 5.60 Å². The molecule has 0 aromatic carbocycles. The van der Waals surface area contributed by atoms with Crippen molar-refractivity contribution < 1.29 is 5.11 Å². The highest BCUT2D eigenvalue weighted by molar-refractivity contribution is 14.1. The van der Waals surface area contributed by atoms with Gasteiger partial charge in [-0.15, -0.1) is 0 Å². The molecule has 2 heteroatoms. The molecule has 0 rings (SSSR count). The van der Waals surface area contributed by atoms with Crippen LogP contribution in [-0.2, 0) is 0 Å². The van der Waals surface area contributed by atoms with Crippen molar-refractivity contribution in [2.45, 2.75) is 56.0 Å². The molecule has 0 spiro atoms. The van der Waals surface area contributed by atoms with Crippen LogP contribution in [0.4, 0.5) is 0 Å². The molecule has 0 saturated carbocycles. The molecule has 0 heterocycles. The molecule has 0 radical (unpaired) electrons. The second-order valence-corrected chi connectivity index (χ2v) is 6.99. The first-order valence-electron chi connectivity index (χ1n) is 4.18. The van der Waals surface area contributed by atoms with Gasteiger partial charge in [-0.2, -0.15) is 0 Å². The largest absolute Gasteiger partial charge is 0.390 e. The summed E-state index contributed by atoms with van der Waals surface area (Å²) in [6, 6.07) is 0. The Morgan fingerprint density at radius 2 is 1.64 bits per heavy atom. The molecule has 1 atom stereocenters. The highest BCUT2D eigenvalue weighted by Gasteiger charge is 2.21. The van der Waals surface area contributed by atoms with Crippen molar-refractivity contribution in [1.29, 1.82) is 0 Å². The molecule has 0 bridgehead atoms. The van der Waals surface area contributed by atoms with E-state index in [0.717, 1.165) is 19.3 Å². The average molecular weight is 270 g/mol. The van der Waals surface area contributed by atoms with Crippen LogP contribution in [0.25, 0.3) is 0 Å². The van der Waals surface area contributed by atoms with Crippen LogP contribution in [0.2, 0.25) is 0 Å². The van der Waals surface area contributed by atoms with Crippen LogP contribution in [0.15, 0.2) is 0 Å². The molecule has 0 aliphatic heterocycles. The van der Waals surface area contributed by atoms with Gasteiger partial charge in [0, 0.05) is 3.42 Å². The van der Waals surface area contributed by atoms with Crippen molar-refractivity contribution in [3.8, 4) is 0 Å². The monoisotopic (exact) mass is 270 g/mol. The van der Waals surface area contributed by atoms with Gasteiger partial charge in [-0.1, -0.05) is 43.4 Å². The fourth-order valence-electron chi connectivity index (χ4n) is 0.743. The second-order valence-electron chi connectivity index (χ2n) is 4.07. The van der Waals surface area contributed by atoms with E-state index in [1.165, 1.54) is 0 Å².